The van der Waals surface area contributed by atoms with E-state index in [0.29, 0.717) is 0 Å². The van der Waals surface area contributed by atoms with Gasteiger partial charge in [0.05, 0.1) is 6.26 Å². The number of anilines is 1. The monoisotopic (exact) mass is 213 g/mol. The Morgan fingerprint density at radius 1 is 0.875 bits per heavy atom. The van der Waals surface area contributed by atoms with Gasteiger partial charge in [0.1, 0.15) is 5.75 Å². The highest BCUT2D eigenvalue weighted by molar-refractivity contribution is 5.41. The molecule has 0 radical (unpaired) electrons. The Labute approximate surface area is 96.0 Å². The van der Waals surface area contributed by atoms with Crippen LogP contribution in [0.1, 0.15) is 0 Å². The molecule has 0 atom stereocenters. The van der Waals surface area contributed by atoms with Crippen molar-refractivity contribution in [1.29, 1.82) is 0 Å². The fourth-order valence-electron chi connectivity index (χ4n) is 1.03. The number of nitrogen functional groups attached to an aromatic ring is 1. The molecule has 0 fully saturated rings. The topological polar surface area (TPSA) is 35.2 Å². The average Bonchev–Trinajstić information content (AvgIpc) is 2.35. The van der Waals surface area contributed by atoms with Crippen LogP contribution < -0.4 is 10.5 Å². The predicted molar refractivity (Wildman–Crippen MR) is 68.1 cm³/mol. The average molecular weight is 213 g/mol. The van der Waals surface area contributed by atoms with Crippen LogP contribution in [0.3, 0.4) is 0 Å². The van der Waals surface area contributed by atoms with Crippen molar-refractivity contribution in [2.75, 3.05) is 5.73 Å². The van der Waals surface area contributed by atoms with Crippen LogP contribution in [0.15, 0.2) is 73.5 Å². The van der Waals surface area contributed by atoms with Gasteiger partial charge in [-0.25, -0.2) is 0 Å². The van der Waals surface area contributed by atoms with Crippen molar-refractivity contribution >= 4 is 5.69 Å². The summed E-state index contributed by atoms with van der Waals surface area (Å²) in [5, 5.41) is 0. The zero-order chi connectivity index (χ0) is 11.6. The summed E-state index contributed by atoms with van der Waals surface area (Å²) in [7, 11) is 0. The molecule has 0 heterocycles. The summed E-state index contributed by atoms with van der Waals surface area (Å²) in [4.78, 5) is 0. The molecule has 82 valence electrons. The van der Waals surface area contributed by atoms with Crippen LogP contribution in [-0.2, 0) is 0 Å². The normalized spacial score (nSPS) is 8.50. The summed E-state index contributed by atoms with van der Waals surface area (Å²) < 4.78 is 4.97. The number of rotatable bonds is 2. The van der Waals surface area contributed by atoms with Gasteiger partial charge in [-0.3, -0.25) is 0 Å². The smallest absolute Gasteiger partial charge is 0.126 e. The van der Waals surface area contributed by atoms with Gasteiger partial charge in [-0.2, -0.15) is 0 Å². The predicted octanol–water partition coefficient (Wildman–Crippen LogP) is 3.48. The first-order chi connectivity index (χ1) is 7.83. The van der Waals surface area contributed by atoms with Crippen LogP contribution in [0.2, 0.25) is 0 Å². The molecular weight excluding hydrogens is 198 g/mol. The van der Waals surface area contributed by atoms with Gasteiger partial charge in [0.25, 0.3) is 0 Å². The van der Waals surface area contributed by atoms with Crippen molar-refractivity contribution in [3.8, 4) is 5.75 Å². The Balaban J connectivity index is 0.000000181. The van der Waals surface area contributed by atoms with Gasteiger partial charge in [0.2, 0.25) is 0 Å². The fraction of sp³-hybridized carbons (Fsp3) is 0. The molecule has 0 unspecified atom stereocenters. The van der Waals surface area contributed by atoms with E-state index >= 15 is 0 Å². The molecule has 2 aromatic rings. The minimum atomic E-state index is 0.733. The fourth-order valence-corrected chi connectivity index (χ4v) is 1.03. The first kappa shape index (κ1) is 11.9. The van der Waals surface area contributed by atoms with Crippen molar-refractivity contribution in [1.82, 2.24) is 0 Å². The van der Waals surface area contributed by atoms with Crippen LogP contribution in [0.5, 0.6) is 5.75 Å². The van der Waals surface area contributed by atoms with Crippen molar-refractivity contribution in [2.45, 2.75) is 0 Å². The van der Waals surface area contributed by atoms with E-state index in [2.05, 4.69) is 6.58 Å². The Kier molecular flexibility index (Phi) is 5.28. The molecule has 2 nitrogen and oxygen atoms in total. The number of nitrogens with two attached hydrogens (primary N) is 1. The Hall–Kier alpha value is -2.22. The number of benzene rings is 2. The summed E-state index contributed by atoms with van der Waals surface area (Å²) >= 11 is 0. The molecule has 2 aromatic carbocycles. The highest BCUT2D eigenvalue weighted by Gasteiger charge is 1.87. The first-order valence-electron chi connectivity index (χ1n) is 4.96. The second-order valence-corrected chi connectivity index (χ2v) is 3.01. The molecule has 0 saturated carbocycles. The molecule has 0 spiro atoms. The van der Waals surface area contributed by atoms with E-state index in [1.54, 1.807) is 24.3 Å². The molecule has 2 N–H and O–H groups in total. The maximum absolute atomic E-state index is 5.44. The molecule has 0 aliphatic rings. The first-order valence-corrected chi connectivity index (χ1v) is 4.96. The van der Waals surface area contributed by atoms with Crippen molar-refractivity contribution in [2.24, 2.45) is 0 Å². The zero-order valence-corrected chi connectivity index (χ0v) is 9.04. The van der Waals surface area contributed by atoms with E-state index in [-0.39, 0.29) is 0 Å². The van der Waals surface area contributed by atoms with Crippen molar-refractivity contribution < 1.29 is 4.74 Å². The molecule has 0 aromatic heterocycles. The lowest BCUT2D eigenvalue weighted by Gasteiger charge is -1.97. The molecule has 0 aliphatic carbocycles. The molecular formula is C14H15NO. The Morgan fingerprint density at radius 2 is 1.31 bits per heavy atom. The summed E-state index contributed by atoms with van der Waals surface area (Å²) in [5.74, 6) is 0.754. The Bertz CT molecular complexity index is 368. The summed E-state index contributed by atoms with van der Waals surface area (Å²) in [6, 6.07) is 19.1. The van der Waals surface area contributed by atoms with Gasteiger partial charge in [-0.1, -0.05) is 43.0 Å². The van der Waals surface area contributed by atoms with Crippen LogP contribution in [0.25, 0.3) is 0 Å². The largest absolute Gasteiger partial charge is 0.466 e. The molecule has 0 amide bonds. The molecule has 0 aliphatic heterocycles. The molecule has 16 heavy (non-hydrogen) atoms. The van der Waals surface area contributed by atoms with Gasteiger partial charge in [0.15, 0.2) is 0 Å². The SMILES string of the molecule is C=COc1ccc(N)cc1.c1ccccc1. The lowest BCUT2D eigenvalue weighted by molar-refractivity contribution is 0.483. The van der Waals surface area contributed by atoms with Crippen molar-refractivity contribution in [3.63, 3.8) is 0 Å². The van der Waals surface area contributed by atoms with E-state index in [1.807, 2.05) is 36.4 Å². The molecule has 0 bridgehead atoms. The lowest BCUT2D eigenvalue weighted by Crippen LogP contribution is -1.84. The van der Waals surface area contributed by atoms with E-state index in [4.69, 9.17) is 10.5 Å². The minimum absolute atomic E-state index is 0.733. The number of hydrogen-bond donors (Lipinski definition) is 1. The van der Waals surface area contributed by atoms with Crippen LogP contribution in [0.4, 0.5) is 5.69 Å². The standard InChI is InChI=1S/C8H9NO.C6H6/c1-2-10-8-5-3-7(9)4-6-8;1-2-4-6-5-3-1/h2-6H,1,9H2;1-6H. The van der Waals surface area contributed by atoms with Gasteiger partial charge in [0, 0.05) is 5.69 Å². The zero-order valence-electron chi connectivity index (χ0n) is 9.04. The van der Waals surface area contributed by atoms with E-state index in [1.165, 1.54) is 6.26 Å². The third-order valence-corrected chi connectivity index (χ3v) is 1.77. The summed E-state index contributed by atoms with van der Waals surface area (Å²) in [5.41, 5.74) is 6.17. The number of hydrogen-bond acceptors (Lipinski definition) is 2. The van der Waals surface area contributed by atoms with Crippen LogP contribution in [-0.4, -0.2) is 0 Å². The van der Waals surface area contributed by atoms with Gasteiger partial charge >= 0.3 is 0 Å². The highest BCUT2D eigenvalue weighted by Crippen LogP contribution is 2.12. The molecule has 2 heteroatoms. The summed E-state index contributed by atoms with van der Waals surface area (Å²) in [6.07, 6.45) is 1.38. The molecule has 0 saturated heterocycles. The lowest BCUT2D eigenvalue weighted by atomic mass is 10.3. The summed E-state index contributed by atoms with van der Waals surface area (Å²) in [6.45, 7) is 3.42. The Morgan fingerprint density at radius 3 is 1.69 bits per heavy atom. The highest BCUT2D eigenvalue weighted by atomic mass is 16.5. The molecule has 2 rings (SSSR count). The van der Waals surface area contributed by atoms with Gasteiger partial charge < -0.3 is 10.5 Å². The quantitative estimate of drug-likeness (QED) is 0.612. The third kappa shape index (κ3) is 4.86. The third-order valence-electron chi connectivity index (χ3n) is 1.77. The second kappa shape index (κ2) is 7.12. The van der Waals surface area contributed by atoms with Crippen molar-refractivity contribution in [3.05, 3.63) is 73.5 Å². The maximum Gasteiger partial charge on any atom is 0.126 e. The maximum atomic E-state index is 5.44. The van der Waals surface area contributed by atoms with Gasteiger partial charge in [-0.05, 0) is 24.3 Å². The number of ether oxygens (including phenoxy) is 1. The van der Waals surface area contributed by atoms with E-state index in [9.17, 15) is 0 Å². The van der Waals surface area contributed by atoms with Crippen LogP contribution in [0, 0.1) is 0 Å². The van der Waals surface area contributed by atoms with Crippen LogP contribution >= 0.6 is 0 Å². The second-order valence-electron chi connectivity index (χ2n) is 3.01. The van der Waals surface area contributed by atoms with E-state index in [0.717, 1.165) is 11.4 Å². The van der Waals surface area contributed by atoms with E-state index < -0.39 is 0 Å². The minimum Gasteiger partial charge on any atom is -0.466 e. The van der Waals surface area contributed by atoms with Gasteiger partial charge in [-0.15, -0.1) is 0 Å².